The summed E-state index contributed by atoms with van der Waals surface area (Å²) in [6.07, 6.45) is 1.92. The molecule has 4 N–H and O–H groups in total. The van der Waals surface area contributed by atoms with Crippen LogP contribution in [0.25, 0.3) is 11.0 Å². The van der Waals surface area contributed by atoms with Crippen molar-refractivity contribution >= 4 is 22.8 Å². The molecule has 0 spiro atoms. The molecule has 0 aromatic carbocycles. The molecule has 1 atom stereocenters. The average molecular weight is 233 g/mol. The Balaban J connectivity index is 2.48. The quantitative estimate of drug-likeness (QED) is 0.760. The fourth-order valence-corrected chi connectivity index (χ4v) is 1.69. The second-order valence-electron chi connectivity index (χ2n) is 4.80. The largest absolute Gasteiger partial charge is 0.368 e. The highest BCUT2D eigenvalue weighted by Gasteiger charge is 2.14. The molecule has 0 saturated carbocycles. The highest BCUT2D eigenvalue weighted by atomic mass is 15.1. The van der Waals surface area contributed by atoms with Crippen LogP contribution in [-0.2, 0) is 0 Å². The lowest BCUT2D eigenvalue weighted by Crippen LogP contribution is -2.22. The zero-order chi connectivity index (χ0) is 12.6. The van der Waals surface area contributed by atoms with Crippen molar-refractivity contribution in [3.05, 3.63) is 11.8 Å². The minimum absolute atomic E-state index is 0.290. The number of nitrogen functional groups attached to an aromatic ring is 1. The minimum atomic E-state index is 0.290. The second-order valence-corrected chi connectivity index (χ2v) is 4.80. The molecule has 0 aliphatic heterocycles. The van der Waals surface area contributed by atoms with Crippen LogP contribution >= 0.6 is 0 Å². The Morgan fingerprint density at radius 1 is 1.29 bits per heavy atom. The first-order chi connectivity index (χ1) is 7.99. The normalized spacial score (nSPS) is 13.2. The van der Waals surface area contributed by atoms with Gasteiger partial charge in [-0.05, 0) is 25.3 Å². The van der Waals surface area contributed by atoms with Crippen LogP contribution < -0.4 is 11.1 Å². The molecule has 0 radical (unpaired) electrons. The molecule has 0 fully saturated rings. The Kier molecular flexibility index (Phi) is 2.92. The number of aromatic nitrogens is 3. The first kappa shape index (κ1) is 11.7. The molecule has 0 saturated heterocycles. The summed E-state index contributed by atoms with van der Waals surface area (Å²) in [5.41, 5.74) is 7.61. The Hall–Kier alpha value is -1.78. The predicted octanol–water partition coefficient (Wildman–Crippen LogP) is 2.30. The fraction of sp³-hybridized carbons (Fsp3) is 0.500. The summed E-state index contributed by atoms with van der Waals surface area (Å²) in [7, 11) is 0. The van der Waals surface area contributed by atoms with Crippen LogP contribution in [0.2, 0.25) is 0 Å². The van der Waals surface area contributed by atoms with E-state index in [1.165, 1.54) is 0 Å². The van der Waals surface area contributed by atoms with E-state index in [0.29, 0.717) is 12.0 Å². The molecule has 2 heterocycles. The zero-order valence-corrected chi connectivity index (χ0v) is 10.7. The standard InChI is InChI=1S/C12H19N5/c1-6(2)8(4)15-11-9-7(3)5-14-10(9)16-12(13)17-11/h5-6,8H,1-4H3,(H4,13,14,15,16,17)/t8-/m0/s1. The molecule has 2 rings (SSSR count). The first-order valence-corrected chi connectivity index (χ1v) is 5.86. The number of aromatic amines is 1. The monoisotopic (exact) mass is 233 g/mol. The maximum Gasteiger partial charge on any atom is 0.223 e. The van der Waals surface area contributed by atoms with E-state index < -0.39 is 0 Å². The van der Waals surface area contributed by atoms with Crippen LogP contribution in [0.5, 0.6) is 0 Å². The first-order valence-electron chi connectivity index (χ1n) is 5.86. The van der Waals surface area contributed by atoms with Crippen LogP contribution in [0.4, 0.5) is 11.8 Å². The number of anilines is 2. The second kappa shape index (κ2) is 4.24. The van der Waals surface area contributed by atoms with Gasteiger partial charge in [-0.2, -0.15) is 9.97 Å². The number of nitrogens with two attached hydrogens (primary N) is 1. The summed E-state index contributed by atoms with van der Waals surface area (Å²) in [4.78, 5) is 11.6. The summed E-state index contributed by atoms with van der Waals surface area (Å²) in [6, 6.07) is 0.335. The van der Waals surface area contributed by atoms with Gasteiger partial charge in [0.1, 0.15) is 11.5 Å². The van der Waals surface area contributed by atoms with Crippen LogP contribution in [-0.4, -0.2) is 21.0 Å². The van der Waals surface area contributed by atoms with Crippen LogP contribution in [0.3, 0.4) is 0 Å². The summed E-state index contributed by atoms with van der Waals surface area (Å²) >= 11 is 0. The third kappa shape index (κ3) is 2.18. The summed E-state index contributed by atoms with van der Waals surface area (Å²) in [6.45, 7) is 8.51. The van der Waals surface area contributed by atoms with Gasteiger partial charge < -0.3 is 16.0 Å². The molecular formula is C12H19N5. The van der Waals surface area contributed by atoms with Crippen molar-refractivity contribution in [3.8, 4) is 0 Å². The molecule has 5 heteroatoms. The van der Waals surface area contributed by atoms with Gasteiger partial charge in [0, 0.05) is 12.2 Å². The highest BCUT2D eigenvalue weighted by molar-refractivity contribution is 5.91. The van der Waals surface area contributed by atoms with Gasteiger partial charge in [0.2, 0.25) is 5.95 Å². The van der Waals surface area contributed by atoms with E-state index in [4.69, 9.17) is 5.73 Å². The van der Waals surface area contributed by atoms with E-state index in [1.54, 1.807) is 0 Å². The van der Waals surface area contributed by atoms with Crippen molar-refractivity contribution < 1.29 is 0 Å². The van der Waals surface area contributed by atoms with Gasteiger partial charge in [-0.1, -0.05) is 13.8 Å². The topological polar surface area (TPSA) is 79.6 Å². The number of fused-ring (bicyclic) bond motifs is 1. The zero-order valence-electron chi connectivity index (χ0n) is 10.7. The van der Waals surface area contributed by atoms with Gasteiger partial charge >= 0.3 is 0 Å². The molecule has 0 unspecified atom stereocenters. The third-order valence-corrected chi connectivity index (χ3v) is 3.11. The van der Waals surface area contributed by atoms with Crippen molar-refractivity contribution in [2.45, 2.75) is 33.7 Å². The number of aryl methyl sites for hydroxylation is 1. The summed E-state index contributed by atoms with van der Waals surface area (Å²) < 4.78 is 0. The number of nitrogens with one attached hydrogen (secondary N) is 2. The van der Waals surface area contributed by atoms with Crippen LogP contribution in [0, 0.1) is 12.8 Å². The lowest BCUT2D eigenvalue weighted by atomic mass is 10.1. The highest BCUT2D eigenvalue weighted by Crippen LogP contribution is 2.25. The lowest BCUT2D eigenvalue weighted by Gasteiger charge is -2.18. The number of H-pyrrole nitrogens is 1. The lowest BCUT2D eigenvalue weighted by molar-refractivity contribution is 0.559. The number of nitrogens with zero attached hydrogens (tertiary/aromatic N) is 2. The molecule has 0 aliphatic carbocycles. The Bertz CT molecular complexity index is 529. The molecule has 17 heavy (non-hydrogen) atoms. The molecular weight excluding hydrogens is 214 g/mol. The van der Waals surface area contributed by atoms with Crippen molar-refractivity contribution in [2.24, 2.45) is 5.92 Å². The van der Waals surface area contributed by atoms with E-state index in [1.807, 2.05) is 13.1 Å². The Morgan fingerprint density at radius 3 is 2.65 bits per heavy atom. The fourth-order valence-electron chi connectivity index (χ4n) is 1.69. The predicted molar refractivity (Wildman–Crippen MR) is 71.0 cm³/mol. The third-order valence-electron chi connectivity index (χ3n) is 3.11. The minimum Gasteiger partial charge on any atom is -0.368 e. The molecule has 0 bridgehead atoms. The maximum atomic E-state index is 5.70. The van der Waals surface area contributed by atoms with Gasteiger partial charge in [0.15, 0.2) is 0 Å². The van der Waals surface area contributed by atoms with Gasteiger partial charge in [-0.15, -0.1) is 0 Å². The summed E-state index contributed by atoms with van der Waals surface area (Å²) in [5, 5.41) is 4.42. The molecule has 5 nitrogen and oxygen atoms in total. The van der Waals surface area contributed by atoms with E-state index in [-0.39, 0.29) is 5.95 Å². The molecule has 0 aliphatic rings. The molecule has 2 aromatic rings. The maximum absolute atomic E-state index is 5.70. The van der Waals surface area contributed by atoms with Gasteiger partial charge in [-0.3, -0.25) is 0 Å². The van der Waals surface area contributed by atoms with E-state index in [9.17, 15) is 0 Å². The van der Waals surface area contributed by atoms with Crippen molar-refractivity contribution in [3.63, 3.8) is 0 Å². The Labute approximate surface area is 101 Å². The molecule has 2 aromatic heterocycles. The summed E-state index contributed by atoms with van der Waals surface area (Å²) in [5.74, 6) is 1.63. The van der Waals surface area contributed by atoms with Crippen molar-refractivity contribution in [1.29, 1.82) is 0 Å². The SMILES string of the molecule is Cc1c[nH]c2nc(N)nc(N[C@@H](C)C(C)C)c12. The molecule has 92 valence electrons. The smallest absolute Gasteiger partial charge is 0.223 e. The van der Waals surface area contributed by atoms with E-state index in [0.717, 1.165) is 22.4 Å². The van der Waals surface area contributed by atoms with Gasteiger partial charge in [-0.25, -0.2) is 0 Å². The van der Waals surface area contributed by atoms with Crippen LogP contribution in [0.1, 0.15) is 26.3 Å². The number of rotatable bonds is 3. The van der Waals surface area contributed by atoms with Crippen LogP contribution in [0.15, 0.2) is 6.20 Å². The van der Waals surface area contributed by atoms with Gasteiger partial charge in [0.05, 0.1) is 5.39 Å². The van der Waals surface area contributed by atoms with E-state index in [2.05, 4.69) is 41.0 Å². The van der Waals surface area contributed by atoms with Crippen molar-refractivity contribution in [2.75, 3.05) is 11.1 Å². The number of hydrogen-bond acceptors (Lipinski definition) is 4. The number of hydrogen-bond donors (Lipinski definition) is 3. The van der Waals surface area contributed by atoms with E-state index >= 15 is 0 Å². The Morgan fingerprint density at radius 2 is 2.00 bits per heavy atom. The van der Waals surface area contributed by atoms with Crippen molar-refractivity contribution in [1.82, 2.24) is 15.0 Å². The molecule has 0 amide bonds. The average Bonchev–Trinajstić information content (AvgIpc) is 2.59. The van der Waals surface area contributed by atoms with Gasteiger partial charge in [0.25, 0.3) is 0 Å².